The maximum atomic E-state index is 6.53. The first kappa shape index (κ1) is 13.4. The molecule has 2 rings (SSSR count). The van der Waals surface area contributed by atoms with Crippen LogP contribution in [0.1, 0.15) is 26.3 Å². The van der Waals surface area contributed by atoms with Crippen molar-refractivity contribution in [1.82, 2.24) is 0 Å². The average molecular weight is 350 g/mol. The Kier molecular flexibility index (Phi) is 4.19. The predicted molar refractivity (Wildman–Crippen MR) is 80.6 cm³/mol. The summed E-state index contributed by atoms with van der Waals surface area (Å²) in [6.45, 7) is 4.17. The van der Waals surface area contributed by atoms with Gasteiger partial charge in [0.05, 0.1) is 5.38 Å². The lowest BCUT2D eigenvalue weighted by Crippen LogP contribution is -1.93. The highest BCUT2D eigenvalue weighted by Crippen LogP contribution is 2.40. The van der Waals surface area contributed by atoms with E-state index in [0.717, 1.165) is 10.0 Å². The smallest absolute Gasteiger partial charge is 0.0945 e. The van der Waals surface area contributed by atoms with E-state index in [2.05, 4.69) is 35.8 Å². The maximum Gasteiger partial charge on any atom is 0.0945 e. The minimum Gasteiger partial charge on any atom is -0.143 e. The molecule has 1 unspecified atom stereocenters. The predicted octanol–water partition coefficient (Wildman–Crippen LogP) is 6.11. The highest BCUT2D eigenvalue weighted by molar-refractivity contribution is 9.10. The van der Waals surface area contributed by atoms with Crippen LogP contribution in [0.5, 0.6) is 0 Å². The van der Waals surface area contributed by atoms with Gasteiger partial charge in [0.1, 0.15) is 0 Å². The van der Waals surface area contributed by atoms with E-state index in [9.17, 15) is 0 Å². The van der Waals surface area contributed by atoms with Crippen LogP contribution in [-0.2, 0) is 0 Å². The van der Waals surface area contributed by atoms with Crippen molar-refractivity contribution in [2.75, 3.05) is 0 Å². The molecule has 0 fully saturated rings. The first-order valence-corrected chi connectivity index (χ1v) is 7.57. The zero-order chi connectivity index (χ0) is 12.6. The number of hydrogen-bond acceptors (Lipinski definition) is 1. The first-order chi connectivity index (χ1) is 7.99. The Labute approximate surface area is 124 Å². The minimum atomic E-state index is -0.182. The summed E-state index contributed by atoms with van der Waals surface area (Å²) >= 11 is 17.9. The SMILES string of the molecule is Cc1cc(C)c(C(Cl)c2cc(Br)ccc2Cl)s1. The van der Waals surface area contributed by atoms with Gasteiger partial charge in [-0.05, 0) is 49.2 Å². The molecule has 90 valence electrons. The van der Waals surface area contributed by atoms with E-state index in [1.165, 1.54) is 15.3 Å². The lowest BCUT2D eigenvalue weighted by molar-refractivity contribution is 1.16. The summed E-state index contributed by atoms with van der Waals surface area (Å²) in [4.78, 5) is 2.44. The molecular formula is C13H11BrCl2S. The van der Waals surface area contributed by atoms with Crippen molar-refractivity contribution in [3.8, 4) is 0 Å². The number of aryl methyl sites for hydroxylation is 2. The summed E-state index contributed by atoms with van der Waals surface area (Å²) in [6, 6.07) is 7.92. The van der Waals surface area contributed by atoms with E-state index < -0.39 is 0 Å². The summed E-state index contributed by atoms with van der Waals surface area (Å²) in [5.41, 5.74) is 2.18. The molecule has 0 saturated carbocycles. The quantitative estimate of drug-likeness (QED) is 0.574. The van der Waals surface area contributed by atoms with Gasteiger partial charge in [-0.15, -0.1) is 22.9 Å². The fourth-order valence-corrected chi connectivity index (χ4v) is 3.94. The highest BCUT2D eigenvalue weighted by Gasteiger charge is 2.18. The molecule has 0 saturated heterocycles. The Morgan fingerprint density at radius 2 is 1.94 bits per heavy atom. The second-order valence-corrected chi connectivity index (χ2v) is 6.98. The molecule has 0 amide bonds. The van der Waals surface area contributed by atoms with Crippen molar-refractivity contribution in [2.45, 2.75) is 19.2 Å². The van der Waals surface area contributed by atoms with Crippen LogP contribution >= 0.6 is 50.5 Å². The van der Waals surface area contributed by atoms with Crippen LogP contribution in [0.25, 0.3) is 0 Å². The first-order valence-electron chi connectivity index (χ1n) is 5.15. The van der Waals surface area contributed by atoms with Crippen LogP contribution in [0.15, 0.2) is 28.7 Å². The standard InChI is InChI=1S/C13H11BrCl2S/c1-7-5-8(2)17-13(7)12(16)10-6-9(14)3-4-11(10)15/h3-6,12H,1-2H3. The number of benzene rings is 1. The van der Waals surface area contributed by atoms with Crippen LogP contribution in [0.2, 0.25) is 5.02 Å². The maximum absolute atomic E-state index is 6.53. The molecule has 2 aromatic rings. The van der Waals surface area contributed by atoms with Crippen molar-refractivity contribution in [3.05, 3.63) is 54.6 Å². The third kappa shape index (κ3) is 2.87. The third-order valence-electron chi connectivity index (χ3n) is 2.54. The number of hydrogen-bond donors (Lipinski definition) is 0. The Balaban J connectivity index is 2.46. The highest BCUT2D eigenvalue weighted by atomic mass is 79.9. The minimum absolute atomic E-state index is 0.182. The van der Waals surface area contributed by atoms with Crippen LogP contribution in [0.3, 0.4) is 0 Å². The molecule has 4 heteroatoms. The van der Waals surface area contributed by atoms with Gasteiger partial charge >= 0.3 is 0 Å². The summed E-state index contributed by atoms with van der Waals surface area (Å²) in [5, 5.41) is 0.525. The monoisotopic (exact) mass is 348 g/mol. The Bertz CT molecular complexity index is 548. The van der Waals surface area contributed by atoms with E-state index in [-0.39, 0.29) is 5.38 Å². The van der Waals surface area contributed by atoms with E-state index in [1.807, 2.05) is 18.2 Å². The molecule has 0 aliphatic heterocycles. The Morgan fingerprint density at radius 1 is 1.24 bits per heavy atom. The van der Waals surface area contributed by atoms with E-state index in [0.29, 0.717) is 5.02 Å². The van der Waals surface area contributed by atoms with E-state index >= 15 is 0 Å². The van der Waals surface area contributed by atoms with Crippen molar-refractivity contribution in [1.29, 1.82) is 0 Å². The van der Waals surface area contributed by atoms with Gasteiger partial charge in [0.25, 0.3) is 0 Å². The fraction of sp³-hybridized carbons (Fsp3) is 0.231. The van der Waals surface area contributed by atoms with Gasteiger partial charge < -0.3 is 0 Å². The molecule has 0 spiro atoms. The molecule has 1 aromatic heterocycles. The van der Waals surface area contributed by atoms with Gasteiger partial charge in [0, 0.05) is 19.2 Å². The van der Waals surface area contributed by atoms with Crippen molar-refractivity contribution >= 4 is 50.5 Å². The van der Waals surface area contributed by atoms with Crippen LogP contribution < -0.4 is 0 Å². The van der Waals surface area contributed by atoms with Gasteiger partial charge in [0.15, 0.2) is 0 Å². The van der Waals surface area contributed by atoms with Gasteiger partial charge in [-0.2, -0.15) is 0 Å². The lowest BCUT2D eigenvalue weighted by atomic mass is 10.1. The van der Waals surface area contributed by atoms with E-state index in [4.69, 9.17) is 23.2 Å². The molecule has 0 aliphatic rings. The van der Waals surface area contributed by atoms with Crippen molar-refractivity contribution in [2.24, 2.45) is 0 Å². The largest absolute Gasteiger partial charge is 0.143 e. The number of thiophene rings is 1. The summed E-state index contributed by atoms with van der Waals surface area (Å²) in [7, 11) is 0. The van der Waals surface area contributed by atoms with Gasteiger partial charge in [0.2, 0.25) is 0 Å². The van der Waals surface area contributed by atoms with Crippen molar-refractivity contribution in [3.63, 3.8) is 0 Å². The fourth-order valence-electron chi connectivity index (χ4n) is 1.76. The van der Waals surface area contributed by atoms with Crippen molar-refractivity contribution < 1.29 is 0 Å². The molecule has 1 atom stereocenters. The number of halogens is 3. The summed E-state index contributed by atoms with van der Waals surface area (Å²) < 4.78 is 0.994. The zero-order valence-corrected chi connectivity index (χ0v) is 13.3. The third-order valence-corrected chi connectivity index (χ3v) is 5.18. The van der Waals surface area contributed by atoms with Gasteiger partial charge in [-0.3, -0.25) is 0 Å². The van der Waals surface area contributed by atoms with Gasteiger partial charge in [-0.25, -0.2) is 0 Å². The molecule has 0 aliphatic carbocycles. The Hall–Kier alpha value is -0.0200. The molecule has 1 aromatic carbocycles. The second-order valence-electron chi connectivity index (χ2n) is 3.93. The lowest BCUT2D eigenvalue weighted by Gasteiger charge is -2.11. The molecular weight excluding hydrogens is 339 g/mol. The average Bonchev–Trinajstić information content (AvgIpc) is 2.60. The number of alkyl halides is 1. The summed E-state index contributed by atoms with van der Waals surface area (Å²) in [5.74, 6) is 0. The van der Waals surface area contributed by atoms with E-state index in [1.54, 1.807) is 11.3 Å². The molecule has 17 heavy (non-hydrogen) atoms. The molecule has 0 N–H and O–H groups in total. The molecule has 0 bridgehead atoms. The number of rotatable bonds is 2. The van der Waals surface area contributed by atoms with Crippen LogP contribution in [-0.4, -0.2) is 0 Å². The summed E-state index contributed by atoms with van der Waals surface area (Å²) in [6.07, 6.45) is 0. The van der Waals surface area contributed by atoms with Crippen LogP contribution in [0.4, 0.5) is 0 Å². The normalized spacial score (nSPS) is 12.8. The zero-order valence-electron chi connectivity index (χ0n) is 9.43. The Morgan fingerprint density at radius 3 is 2.53 bits per heavy atom. The second kappa shape index (κ2) is 5.31. The van der Waals surface area contributed by atoms with Gasteiger partial charge in [-0.1, -0.05) is 27.5 Å². The molecule has 0 nitrogen and oxygen atoms in total. The molecule has 0 radical (unpaired) electrons. The topological polar surface area (TPSA) is 0 Å². The van der Waals surface area contributed by atoms with Crippen LogP contribution in [0, 0.1) is 13.8 Å². The molecule has 1 heterocycles.